The minimum absolute atomic E-state index is 0.328. The van der Waals surface area contributed by atoms with Crippen LogP contribution in [-0.4, -0.2) is 19.8 Å². The summed E-state index contributed by atoms with van der Waals surface area (Å²) < 4.78 is 0. The summed E-state index contributed by atoms with van der Waals surface area (Å²) in [6, 6.07) is 0. The summed E-state index contributed by atoms with van der Waals surface area (Å²) in [6.07, 6.45) is 9.87. The summed E-state index contributed by atoms with van der Waals surface area (Å²) in [7, 11) is -1.07. The van der Waals surface area contributed by atoms with E-state index in [0.29, 0.717) is 12.5 Å². The maximum atomic E-state index is 9.05. The monoisotopic (exact) mass is 242 g/mol. The van der Waals surface area contributed by atoms with Crippen molar-refractivity contribution in [3.63, 3.8) is 0 Å². The average molecular weight is 242 g/mol. The van der Waals surface area contributed by atoms with E-state index in [1.165, 1.54) is 32.1 Å². The fourth-order valence-electron chi connectivity index (χ4n) is 1.76. The molecule has 1 unspecified atom stereocenters. The maximum absolute atomic E-state index is 9.05. The molecule has 16 heavy (non-hydrogen) atoms. The third-order valence-corrected chi connectivity index (χ3v) is 3.99. The van der Waals surface area contributed by atoms with Crippen molar-refractivity contribution in [3.05, 3.63) is 11.8 Å². The molecule has 1 atom stereocenters. The van der Waals surface area contributed by atoms with Gasteiger partial charge < -0.3 is 5.11 Å². The zero-order chi connectivity index (χ0) is 12.4. The number of aliphatic hydroxyl groups excluding tert-OH is 1. The van der Waals surface area contributed by atoms with Crippen LogP contribution in [0.25, 0.3) is 0 Å². The molecule has 1 nitrogen and oxygen atoms in total. The molecule has 0 bridgehead atoms. The molecule has 0 aromatic heterocycles. The first kappa shape index (κ1) is 15.9. The first-order valence-corrected chi connectivity index (χ1v) is 10.4. The van der Waals surface area contributed by atoms with Crippen molar-refractivity contribution in [2.45, 2.75) is 65.1 Å². The zero-order valence-corrected chi connectivity index (χ0v) is 12.6. The van der Waals surface area contributed by atoms with Gasteiger partial charge in [0.25, 0.3) is 0 Å². The lowest BCUT2D eigenvalue weighted by Crippen LogP contribution is -2.16. The summed E-state index contributed by atoms with van der Waals surface area (Å²) in [5.74, 6) is 0.605. The molecule has 0 rings (SSSR count). The van der Waals surface area contributed by atoms with Gasteiger partial charge in [0.2, 0.25) is 0 Å². The molecular weight excluding hydrogens is 212 g/mol. The van der Waals surface area contributed by atoms with Crippen LogP contribution in [0.1, 0.15) is 45.4 Å². The van der Waals surface area contributed by atoms with E-state index in [1.54, 1.807) is 0 Å². The van der Waals surface area contributed by atoms with Gasteiger partial charge in [0.1, 0.15) is 0 Å². The summed E-state index contributed by atoms with van der Waals surface area (Å²) in [6.45, 7) is 9.65. The Labute approximate surface area is 103 Å². The largest absolute Gasteiger partial charge is 0.396 e. The van der Waals surface area contributed by atoms with E-state index < -0.39 is 8.07 Å². The predicted molar refractivity (Wildman–Crippen MR) is 76.4 cm³/mol. The van der Waals surface area contributed by atoms with Crippen LogP contribution >= 0.6 is 0 Å². The Morgan fingerprint density at radius 2 is 1.75 bits per heavy atom. The van der Waals surface area contributed by atoms with Crippen molar-refractivity contribution >= 4 is 8.07 Å². The Balaban J connectivity index is 3.92. The molecule has 0 aromatic rings. The molecule has 2 heteroatoms. The van der Waals surface area contributed by atoms with E-state index in [-0.39, 0.29) is 0 Å². The summed E-state index contributed by atoms with van der Waals surface area (Å²) in [5, 5.41) is 9.05. The Kier molecular flexibility index (Phi) is 8.95. The molecule has 0 heterocycles. The van der Waals surface area contributed by atoms with Crippen molar-refractivity contribution in [2.24, 2.45) is 5.92 Å². The second kappa shape index (κ2) is 9.00. The molecule has 96 valence electrons. The van der Waals surface area contributed by atoms with E-state index in [0.717, 1.165) is 6.42 Å². The minimum atomic E-state index is -1.07. The maximum Gasteiger partial charge on any atom is 0.0682 e. The Morgan fingerprint density at radius 1 is 1.06 bits per heavy atom. The topological polar surface area (TPSA) is 20.2 Å². The van der Waals surface area contributed by atoms with E-state index in [9.17, 15) is 0 Å². The highest BCUT2D eigenvalue weighted by atomic mass is 28.3. The van der Waals surface area contributed by atoms with Crippen molar-refractivity contribution in [1.29, 1.82) is 0 Å². The molecular formula is C14H30OSi. The molecule has 0 amide bonds. The van der Waals surface area contributed by atoms with Gasteiger partial charge >= 0.3 is 0 Å². The van der Waals surface area contributed by atoms with Crippen LogP contribution in [-0.2, 0) is 0 Å². The highest BCUT2D eigenvalue weighted by Gasteiger charge is 2.10. The highest BCUT2D eigenvalue weighted by Crippen LogP contribution is 2.17. The fraction of sp³-hybridized carbons (Fsp3) is 0.857. The summed E-state index contributed by atoms with van der Waals surface area (Å²) >= 11 is 0. The van der Waals surface area contributed by atoms with E-state index in [2.05, 4.69) is 38.3 Å². The number of rotatable bonds is 9. The SMILES string of the molecule is CCCCCCC(/C=C\[Si](C)(C)C)CCO. The van der Waals surface area contributed by atoms with Crippen molar-refractivity contribution < 1.29 is 5.11 Å². The number of aliphatic hydroxyl groups is 1. The predicted octanol–water partition coefficient (Wildman–Crippen LogP) is 4.39. The van der Waals surface area contributed by atoms with Gasteiger partial charge in [-0.3, -0.25) is 0 Å². The van der Waals surface area contributed by atoms with Gasteiger partial charge in [0.05, 0.1) is 8.07 Å². The zero-order valence-electron chi connectivity index (χ0n) is 11.6. The lowest BCUT2D eigenvalue weighted by molar-refractivity contribution is 0.265. The van der Waals surface area contributed by atoms with Gasteiger partial charge in [-0.1, -0.05) is 64.0 Å². The van der Waals surface area contributed by atoms with Crippen LogP contribution < -0.4 is 0 Å². The van der Waals surface area contributed by atoms with Crippen LogP contribution in [0.3, 0.4) is 0 Å². The smallest absolute Gasteiger partial charge is 0.0682 e. The number of allylic oxidation sites excluding steroid dienone is 1. The van der Waals surface area contributed by atoms with E-state index in [1.807, 2.05) is 0 Å². The Bertz CT molecular complexity index is 182. The molecule has 1 N–H and O–H groups in total. The second-order valence-electron chi connectivity index (χ2n) is 5.85. The average Bonchev–Trinajstić information content (AvgIpc) is 2.19. The third kappa shape index (κ3) is 10.4. The highest BCUT2D eigenvalue weighted by molar-refractivity contribution is 6.80. The fourth-order valence-corrected chi connectivity index (χ4v) is 2.61. The van der Waals surface area contributed by atoms with Crippen LogP contribution in [0, 0.1) is 5.92 Å². The Hall–Kier alpha value is -0.0831. The van der Waals surface area contributed by atoms with Gasteiger partial charge in [0.15, 0.2) is 0 Å². The lowest BCUT2D eigenvalue weighted by Gasteiger charge is -2.14. The van der Waals surface area contributed by atoms with Crippen LogP contribution in [0.2, 0.25) is 19.6 Å². The van der Waals surface area contributed by atoms with Gasteiger partial charge in [-0.25, -0.2) is 0 Å². The third-order valence-electron chi connectivity index (χ3n) is 2.80. The van der Waals surface area contributed by atoms with Crippen molar-refractivity contribution in [1.82, 2.24) is 0 Å². The molecule has 0 spiro atoms. The first-order chi connectivity index (χ1) is 7.49. The van der Waals surface area contributed by atoms with Crippen LogP contribution in [0.4, 0.5) is 0 Å². The second-order valence-corrected chi connectivity index (χ2v) is 10.9. The van der Waals surface area contributed by atoms with Crippen LogP contribution in [0.15, 0.2) is 11.8 Å². The molecule has 0 fully saturated rings. The normalized spacial score (nSPS) is 14.6. The molecule has 0 aliphatic rings. The van der Waals surface area contributed by atoms with E-state index in [4.69, 9.17) is 5.11 Å². The molecule has 0 aliphatic heterocycles. The van der Waals surface area contributed by atoms with Gasteiger partial charge in [-0.05, 0) is 18.8 Å². The van der Waals surface area contributed by atoms with Gasteiger partial charge in [0, 0.05) is 6.61 Å². The number of unbranched alkanes of at least 4 members (excludes halogenated alkanes) is 3. The first-order valence-electron chi connectivity index (χ1n) is 6.80. The number of hydrogen-bond donors (Lipinski definition) is 1. The number of hydrogen-bond acceptors (Lipinski definition) is 1. The summed E-state index contributed by atoms with van der Waals surface area (Å²) in [5.41, 5.74) is 2.42. The molecule has 0 aromatic carbocycles. The lowest BCUT2D eigenvalue weighted by atomic mass is 9.98. The standard InChI is InChI=1S/C14H30OSi/c1-5-6-7-8-9-14(10-12-15)11-13-16(2,3)4/h11,13-15H,5-10,12H2,1-4H3/b13-11-. The van der Waals surface area contributed by atoms with Crippen LogP contribution in [0.5, 0.6) is 0 Å². The Morgan fingerprint density at radius 3 is 2.25 bits per heavy atom. The van der Waals surface area contributed by atoms with Gasteiger partial charge in [-0.15, -0.1) is 0 Å². The molecule has 0 aliphatic carbocycles. The van der Waals surface area contributed by atoms with Crippen molar-refractivity contribution in [3.8, 4) is 0 Å². The summed E-state index contributed by atoms with van der Waals surface area (Å²) in [4.78, 5) is 0. The van der Waals surface area contributed by atoms with E-state index >= 15 is 0 Å². The molecule has 0 saturated carbocycles. The quantitative estimate of drug-likeness (QED) is 0.470. The molecule has 0 saturated heterocycles. The minimum Gasteiger partial charge on any atom is -0.396 e. The van der Waals surface area contributed by atoms with Gasteiger partial charge in [-0.2, -0.15) is 0 Å². The van der Waals surface area contributed by atoms with Crippen molar-refractivity contribution in [2.75, 3.05) is 6.61 Å². The molecule has 0 radical (unpaired) electrons.